The number of benzene rings is 2. The Morgan fingerprint density at radius 1 is 1.17 bits per heavy atom. The van der Waals surface area contributed by atoms with E-state index in [9.17, 15) is 4.79 Å². The molecule has 0 fully saturated rings. The van der Waals surface area contributed by atoms with Crippen LogP contribution < -0.4 is 10.2 Å². The Balaban J connectivity index is 1.88. The van der Waals surface area contributed by atoms with Crippen LogP contribution >= 0.6 is 11.6 Å². The molecule has 5 heteroatoms. The maximum atomic E-state index is 11.8. The van der Waals surface area contributed by atoms with Crippen molar-refractivity contribution in [1.82, 2.24) is 5.43 Å². The molecular formula is C18H19ClN2O2. The Labute approximate surface area is 141 Å². The predicted molar refractivity (Wildman–Crippen MR) is 93.2 cm³/mol. The van der Waals surface area contributed by atoms with Crippen molar-refractivity contribution in [3.63, 3.8) is 0 Å². The number of hydrogen-bond donors (Lipinski definition) is 1. The molecule has 2 rings (SSSR count). The van der Waals surface area contributed by atoms with Crippen LogP contribution in [0.1, 0.15) is 23.6 Å². The van der Waals surface area contributed by atoms with Gasteiger partial charge in [-0.2, -0.15) is 5.10 Å². The molecule has 0 aromatic heterocycles. The van der Waals surface area contributed by atoms with E-state index in [2.05, 4.69) is 10.5 Å². The average molecular weight is 331 g/mol. The fraction of sp³-hybridized carbons (Fsp3) is 0.222. The van der Waals surface area contributed by atoms with E-state index in [4.69, 9.17) is 16.3 Å². The lowest BCUT2D eigenvalue weighted by Crippen LogP contribution is -2.25. The molecule has 0 saturated heterocycles. The second-order valence-corrected chi connectivity index (χ2v) is 5.71. The third-order valence-corrected chi connectivity index (χ3v) is 3.74. The standard InChI is InChI=1S/C18H19ClN2O2/c1-12-4-6-15(7-5-12)14(3)20-21-18(22)11-23-16-8-9-17(19)13(2)10-16/h4-10H,11H2,1-3H3,(H,21,22). The monoisotopic (exact) mass is 330 g/mol. The topological polar surface area (TPSA) is 50.7 Å². The molecule has 0 atom stereocenters. The van der Waals surface area contributed by atoms with Crippen molar-refractivity contribution in [1.29, 1.82) is 0 Å². The van der Waals surface area contributed by atoms with Crippen LogP contribution in [-0.4, -0.2) is 18.2 Å². The second kappa shape index (κ2) is 7.79. The highest BCUT2D eigenvalue weighted by molar-refractivity contribution is 6.31. The minimum absolute atomic E-state index is 0.105. The van der Waals surface area contributed by atoms with Gasteiger partial charge in [0.2, 0.25) is 0 Å². The average Bonchev–Trinajstić information content (AvgIpc) is 2.54. The van der Waals surface area contributed by atoms with Crippen molar-refractivity contribution in [2.75, 3.05) is 6.61 Å². The van der Waals surface area contributed by atoms with Crippen LogP contribution in [0.25, 0.3) is 0 Å². The molecule has 2 aromatic rings. The molecule has 23 heavy (non-hydrogen) atoms. The van der Waals surface area contributed by atoms with E-state index in [0.29, 0.717) is 10.8 Å². The van der Waals surface area contributed by atoms with Crippen molar-refractivity contribution in [3.8, 4) is 5.75 Å². The van der Waals surface area contributed by atoms with Gasteiger partial charge in [-0.25, -0.2) is 5.43 Å². The van der Waals surface area contributed by atoms with Crippen LogP contribution in [0.4, 0.5) is 0 Å². The van der Waals surface area contributed by atoms with Crippen molar-refractivity contribution < 1.29 is 9.53 Å². The number of nitrogens with zero attached hydrogens (tertiary/aromatic N) is 1. The van der Waals surface area contributed by atoms with Crippen molar-refractivity contribution in [3.05, 3.63) is 64.2 Å². The van der Waals surface area contributed by atoms with Crippen LogP contribution in [0, 0.1) is 13.8 Å². The zero-order valence-corrected chi connectivity index (χ0v) is 14.1. The number of halogens is 1. The summed E-state index contributed by atoms with van der Waals surface area (Å²) in [6, 6.07) is 13.2. The van der Waals surface area contributed by atoms with E-state index in [1.165, 1.54) is 5.56 Å². The third kappa shape index (κ3) is 5.11. The molecule has 4 nitrogen and oxygen atoms in total. The summed E-state index contributed by atoms with van der Waals surface area (Å²) in [5.41, 5.74) is 6.27. The van der Waals surface area contributed by atoms with Gasteiger partial charge in [-0.05, 0) is 50.1 Å². The Hall–Kier alpha value is -2.33. The SMILES string of the molecule is CC(=NNC(=O)COc1ccc(Cl)c(C)c1)c1ccc(C)cc1. The normalized spacial score (nSPS) is 11.2. The number of nitrogens with one attached hydrogen (secondary N) is 1. The Kier molecular flexibility index (Phi) is 5.77. The van der Waals surface area contributed by atoms with Crippen LogP contribution in [0.5, 0.6) is 5.75 Å². The van der Waals surface area contributed by atoms with Crippen molar-refractivity contribution in [2.24, 2.45) is 5.10 Å². The van der Waals surface area contributed by atoms with E-state index >= 15 is 0 Å². The molecule has 1 amide bonds. The largest absolute Gasteiger partial charge is 0.484 e. The lowest BCUT2D eigenvalue weighted by molar-refractivity contribution is -0.123. The summed E-state index contributed by atoms with van der Waals surface area (Å²) < 4.78 is 5.42. The first-order valence-corrected chi connectivity index (χ1v) is 7.62. The number of amides is 1. The molecule has 120 valence electrons. The highest BCUT2D eigenvalue weighted by Gasteiger charge is 2.04. The highest BCUT2D eigenvalue weighted by atomic mass is 35.5. The maximum absolute atomic E-state index is 11.8. The van der Waals surface area contributed by atoms with Gasteiger partial charge in [0, 0.05) is 5.02 Å². The number of carbonyl (C=O) groups is 1. The molecule has 0 aliphatic rings. The molecule has 0 aliphatic carbocycles. The lowest BCUT2D eigenvalue weighted by atomic mass is 10.1. The summed E-state index contributed by atoms with van der Waals surface area (Å²) in [6.07, 6.45) is 0. The van der Waals surface area contributed by atoms with E-state index < -0.39 is 0 Å². The van der Waals surface area contributed by atoms with Gasteiger partial charge in [-0.1, -0.05) is 41.4 Å². The van der Waals surface area contributed by atoms with Gasteiger partial charge in [-0.3, -0.25) is 4.79 Å². The molecule has 0 aliphatic heterocycles. The Morgan fingerprint density at radius 2 is 1.87 bits per heavy atom. The molecule has 1 N–H and O–H groups in total. The van der Waals surface area contributed by atoms with E-state index in [1.54, 1.807) is 18.2 Å². The summed E-state index contributed by atoms with van der Waals surface area (Å²) in [5.74, 6) is 0.283. The van der Waals surface area contributed by atoms with Crippen molar-refractivity contribution >= 4 is 23.2 Å². The first-order valence-electron chi connectivity index (χ1n) is 7.25. The first kappa shape index (κ1) is 17.0. The molecule has 0 heterocycles. The van der Waals surface area contributed by atoms with Gasteiger partial charge in [0.05, 0.1) is 5.71 Å². The van der Waals surface area contributed by atoms with E-state index in [-0.39, 0.29) is 12.5 Å². The molecule has 0 saturated carbocycles. The molecular weight excluding hydrogens is 312 g/mol. The fourth-order valence-corrected chi connectivity index (χ4v) is 2.01. The van der Waals surface area contributed by atoms with Gasteiger partial charge in [-0.15, -0.1) is 0 Å². The number of hydrazone groups is 1. The van der Waals surface area contributed by atoms with Gasteiger partial charge in [0.25, 0.3) is 5.91 Å². The van der Waals surface area contributed by atoms with Crippen molar-refractivity contribution in [2.45, 2.75) is 20.8 Å². The lowest BCUT2D eigenvalue weighted by Gasteiger charge is -2.07. The minimum Gasteiger partial charge on any atom is -0.484 e. The predicted octanol–water partition coefficient (Wildman–Crippen LogP) is 3.88. The molecule has 0 unspecified atom stereocenters. The maximum Gasteiger partial charge on any atom is 0.277 e. The number of ether oxygens (including phenoxy) is 1. The zero-order chi connectivity index (χ0) is 16.8. The Bertz CT molecular complexity index is 724. The van der Waals surface area contributed by atoms with Crippen LogP contribution in [-0.2, 0) is 4.79 Å². The van der Waals surface area contributed by atoms with Gasteiger partial charge in [0.15, 0.2) is 6.61 Å². The smallest absolute Gasteiger partial charge is 0.277 e. The number of hydrogen-bond acceptors (Lipinski definition) is 3. The molecule has 0 radical (unpaired) electrons. The summed E-state index contributed by atoms with van der Waals surface area (Å²) in [4.78, 5) is 11.8. The molecule has 0 bridgehead atoms. The van der Waals surface area contributed by atoms with E-state index in [0.717, 1.165) is 16.8 Å². The highest BCUT2D eigenvalue weighted by Crippen LogP contribution is 2.20. The summed E-state index contributed by atoms with van der Waals surface area (Å²) >= 11 is 5.94. The number of aryl methyl sites for hydroxylation is 2. The summed E-state index contributed by atoms with van der Waals surface area (Å²) in [6.45, 7) is 5.64. The first-order chi connectivity index (χ1) is 11.0. The summed E-state index contributed by atoms with van der Waals surface area (Å²) in [7, 11) is 0. The minimum atomic E-state index is -0.316. The van der Waals surface area contributed by atoms with Crippen LogP contribution in [0.2, 0.25) is 5.02 Å². The zero-order valence-electron chi connectivity index (χ0n) is 13.4. The quantitative estimate of drug-likeness (QED) is 0.668. The van der Waals surface area contributed by atoms with Gasteiger partial charge >= 0.3 is 0 Å². The second-order valence-electron chi connectivity index (χ2n) is 5.30. The third-order valence-electron chi connectivity index (χ3n) is 3.32. The van der Waals surface area contributed by atoms with Gasteiger partial charge < -0.3 is 4.74 Å². The number of rotatable bonds is 5. The number of carbonyl (C=O) groups excluding carboxylic acids is 1. The van der Waals surface area contributed by atoms with Gasteiger partial charge in [0.1, 0.15) is 5.75 Å². The Morgan fingerprint density at radius 3 is 2.52 bits per heavy atom. The van der Waals surface area contributed by atoms with Crippen LogP contribution in [0.3, 0.4) is 0 Å². The molecule has 0 spiro atoms. The fourth-order valence-electron chi connectivity index (χ4n) is 1.89. The summed E-state index contributed by atoms with van der Waals surface area (Å²) in [5, 5.41) is 4.75. The van der Waals surface area contributed by atoms with Crippen LogP contribution in [0.15, 0.2) is 47.6 Å². The van der Waals surface area contributed by atoms with E-state index in [1.807, 2.05) is 45.0 Å². The molecule has 2 aromatic carbocycles.